The van der Waals surface area contributed by atoms with Crippen molar-refractivity contribution in [3.05, 3.63) is 28.7 Å². The Hall–Kier alpha value is -1.71. The third-order valence-electron chi connectivity index (χ3n) is 3.20. The van der Waals surface area contributed by atoms with Gasteiger partial charge in [-0.25, -0.2) is 14.6 Å². The number of benzene rings is 1. The molecule has 0 saturated carbocycles. The predicted octanol–water partition coefficient (Wildman–Crippen LogP) is 3.22. The number of thioether (sulfide) groups is 1. The number of halogens is 1. The van der Waals surface area contributed by atoms with Crippen LogP contribution < -0.4 is 5.32 Å². The molecule has 0 bridgehead atoms. The molecule has 24 heavy (non-hydrogen) atoms. The van der Waals surface area contributed by atoms with Crippen molar-refractivity contribution in [3.8, 4) is 0 Å². The molecule has 2 N–H and O–H groups in total. The number of fused-ring (bicyclic) bond motifs is 1. The first-order valence-corrected chi connectivity index (χ1v) is 9.36. The maximum atomic E-state index is 9.18. The number of anilines is 2. The summed E-state index contributed by atoms with van der Waals surface area (Å²) in [5.41, 5.74) is 2.12. The fraction of sp³-hybridized carbons (Fsp3) is 0.333. The van der Waals surface area contributed by atoms with Crippen LogP contribution in [0.15, 0.2) is 33.9 Å². The molecule has 3 rings (SSSR count). The highest BCUT2D eigenvalue weighted by atomic mass is 79.9. The lowest BCUT2D eigenvalue weighted by atomic mass is 10.3. The SMILES string of the molecule is CCCSc1nc(Nc2ccc(Br)cc2)c2nnn(CCO)c2n1. The van der Waals surface area contributed by atoms with Crippen molar-refractivity contribution in [1.29, 1.82) is 0 Å². The Morgan fingerprint density at radius 1 is 1.25 bits per heavy atom. The number of hydrogen-bond donors (Lipinski definition) is 2. The average molecular weight is 409 g/mol. The summed E-state index contributed by atoms with van der Waals surface area (Å²) in [6.45, 7) is 2.45. The molecule has 0 atom stereocenters. The van der Waals surface area contributed by atoms with Crippen molar-refractivity contribution < 1.29 is 5.11 Å². The van der Waals surface area contributed by atoms with Crippen LogP contribution in [0.1, 0.15) is 13.3 Å². The van der Waals surface area contributed by atoms with E-state index >= 15 is 0 Å². The average Bonchev–Trinajstić information content (AvgIpc) is 2.99. The Bertz CT molecular complexity index is 823. The molecule has 2 aromatic heterocycles. The summed E-state index contributed by atoms with van der Waals surface area (Å²) in [7, 11) is 0. The van der Waals surface area contributed by atoms with Crippen LogP contribution in [0.4, 0.5) is 11.5 Å². The number of nitrogens with one attached hydrogen (secondary N) is 1. The first-order valence-electron chi connectivity index (χ1n) is 7.58. The fourth-order valence-electron chi connectivity index (χ4n) is 2.10. The summed E-state index contributed by atoms with van der Waals surface area (Å²) in [6.07, 6.45) is 1.04. The molecule has 0 fully saturated rings. The van der Waals surface area contributed by atoms with Gasteiger partial charge in [-0.05, 0) is 30.7 Å². The first-order chi connectivity index (χ1) is 11.7. The van der Waals surface area contributed by atoms with E-state index in [1.165, 1.54) is 0 Å². The minimum Gasteiger partial charge on any atom is -0.394 e. The maximum absolute atomic E-state index is 9.18. The minimum atomic E-state index is -0.0185. The zero-order valence-corrected chi connectivity index (χ0v) is 15.5. The lowest BCUT2D eigenvalue weighted by Gasteiger charge is -2.08. The zero-order chi connectivity index (χ0) is 16.9. The van der Waals surface area contributed by atoms with E-state index in [1.807, 2.05) is 24.3 Å². The van der Waals surface area contributed by atoms with Crippen LogP contribution in [0.3, 0.4) is 0 Å². The van der Waals surface area contributed by atoms with Gasteiger partial charge in [-0.1, -0.05) is 39.8 Å². The Balaban J connectivity index is 2.01. The van der Waals surface area contributed by atoms with Gasteiger partial charge in [-0.2, -0.15) is 0 Å². The van der Waals surface area contributed by atoms with Crippen LogP contribution in [0, 0.1) is 0 Å². The van der Waals surface area contributed by atoms with Gasteiger partial charge in [0.1, 0.15) is 0 Å². The standard InChI is InChI=1S/C15H17BrN6OS/c1-2-9-24-15-18-13(17-11-5-3-10(16)4-6-11)12-14(19-15)22(7-8-23)21-20-12/h3-6,23H,2,7-9H2,1H3,(H,17,18,19). The Kier molecular flexibility index (Phi) is 5.64. The van der Waals surface area contributed by atoms with Gasteiger partial charge in [0, 0.05) is 15.9 Å². The maximum Gasteiger partial charge on any atom is 0.191 e. The third-order valence-corrected chi connectivity index (χ3v) is 4.78. The normalized spacial score (nSPS) is 11.1. The van der Waals surface area contributed by atoms with Gasteiger partial charge in [0.05, 0.1) is 13.2 Å². The first kappa shape index (κ1) is 17.1. The summed E-state index contributed by atoms with van der Waals surface area (Å²) in [6, 6.07) is 7.82. The second-order valence-electron chi connectivity index (χ2n) is 5.04. The summed E-state index contributed by atoms with van der Waals surface area (Å²) >= 11 is 5.02. The van der Waals surface area contributed by atoms with Crippen molar-refractivity contribution in [2.24, 2.45) is 0 Å². The van der Waals surface area contributed by atoms with E-state index in [0.29, 0.717) is 28.7 Å². The van der Waals surface area contributed by atoms with Crippen LogP contribution >= 0.6 is 27.7 Å². The van der Waals surface area contributed by atoms with Crippen LogP contribution in [-0.4, -0.2) is 42.4 Å². The molecule has 0 aliphatic rings. The highest BCUT2D eigenvalue weighted by molar-refractivity contribution is 9.10. The molecule has 2 heterocycles. The second-order valence-corrected chi connectivity index (χ2v) is 7.02. The number of aliphatic hydroxyl groups excluding tert-OH is 1. The van der Waals surface area contributed by atoms with Crippen LogP contribution in [-0.2, 0) is 6.54 Å². The predicted molar refractivity (Wildman–Crippen MR) is 98.6 cm³/mol. The van der Waals surface area contributed by atoms with Crippen molar-refractivity contribution in [2.75, 3.05) is 17.7 Å². The fourth-order valence-corrected chi connectivity index (χ4v) is 3.05. The Labute approximate surface area is 152 Å². The van der Waals surface area contributed by atoms with Crippen LogP contribution in [0.2, 0.25) is 0 Å². The molecule has 0 amide bonds. The van der Waals surface area contributed by atoms with Crippen molar-refractivity contribution >= 4 is 50.4 Å². The monoisotopic (exact) mass is 408 g/mol. The van der Waals surface area contributed by atoms with Gasteiger partial charge in [-0.3, -0.25) is 0 Å². The number of aromatic nitrogens is 5. The molecule has 1 aromatic carbocycles. The summed E-state index contributed by atoms with van der Waals surface area (Å²) in [4.78, 5) is 9.12. The highest BCUT2D eigenvalue weighted by Crippen LogP contribution is 2.26. The van der Waals surface area contributed by atoms with Gasteiger partial charge < -0.3 is 10.4 Å². The third kappa shape index (κ3) is 3.85. The molecule has 7 nitrogen and oxygen atoms in total. The van der Waals surface area contributed by atoms with Gasteiger partial charge in [0.2, 0.25) is 0 Å². The van der Waals surface area contributed by atoms with Crippen molar-refractivity contribution in [3.63, 3.8) is 0 Å². The smallest absolute Gasteiger partial charge is 0.191 e. The number of nitrogens with zero attached hydrogens (tertiary/aromatic N) is 5. The van der Waals surface area contributed by atoms with Gasteiger partial charge in [0.25, 0.3) is 0 Å². The van der Waals surface area contributed by atoms with E-state index in [2.05, 4.69) is 48.5 Å². The molecule has 0 spiro atoms. The van der Waals surface area contributed by atoms with Crippen LogP contribution in [0.25, 0.3) is 11.2 Å². The molecule has 0 aliphatic heterocycles. The Morgan fingerprint density at radius 3 is 2.75 bits per heavy atom. The van der Waals surface area contributed by atoms with E-state index in [-0.39, 0.29) is 6.61 Å². The highest BCUT2D eigenvalue weighted by Gasteiger charge is 2.15. The van der Waals surface area contributed by atoms with Gasteiger partial charge in [0.15, 0.2) is 22.1 Å². The van der Waals surface area contributed by atoms with E-state index in [1.54, 1.807) is 16.4 Å². The van der Waals surface area contributed by atoms with Crippen molar-refractivity contribution in [1.82, 2.24) is 25.0 Å². The molecule has 126 valence electrons. The number of hydrogen-bond acceptors (Lipinski definition) is 7. The molecule has 9 heteroatoms. The summed E-state index contributed by atoms with van der Waals surface area (Å²) < 4.78 is 2.61. The molecule has 3 aromatic rings. The lowest BCUT2D eigenvalue weighted by molar-refractivity contribution is 0.270. The quantitative estimate of drug-likeness (QED) is 0.458. The molecular weight excluding hydrogens is 392 g/mol. The summed E-state index contributed by atoms with van der Waals surface area (Å²) in [5.74, 6) is 1.55. The summed E-state index contributed by atoms with van der Waals surface area (Å²) in [5, 5.41) is 21.4. The zero-order valence-electron chi connectivity index (χ0n) is 13.1. The van der Waals surface area contributed by atoms with Gasteiger partial charge in [-0.15, -0.1) is 5.10 Å². The van der Waals surface area contributed by atoms with Crippen molar-refractivity contribution in [2.45, 2.75) is 25.0 Å². The minimum absolute atomic E-state index is 0.0185. The molecular formula is C15H17BrN6OS. The number of rotatable bonds is 7. The largest absolute Gasteiger partial charge is 0.394 e. The lowest BCUT2D eigenvalue weighted by Crippen LogP contribution is -2.06. The molecule has 0 aliphatic carbocycles. The molecule has 0 saturated heterocycles. The number of aliphatic hydroxyl groups is 1. The van der Waals surface area contributed by atoms with Gasteiger partial charge >= 0.3 is 0 Å². The molecule has 0 radical (unpaired) electrons. The van der Waals surface area contributed by atoms with E-state index < -0.39 is 0 Å². The Morgan fingerprint density at radius 2 is 2.04 bits per heavy atom. The second kappa shape index (κ2) is 7.91. The topological polar surface area (TPSA) is 88.8 Å². The van der Waals surface area contributed by atoms with Crippen LogP contribution in [0.5, 0.6) is 0 Å². The van der Waals surface area contributed by atoms with E-state index in [4.69, 9.17) is 0 Å². The van der Waals surface area contributed by atoms with E-state index in [9.17, 15) is 5.11 Å². The molecule has 0 unspecified atom stereocenters. The van der Waals surface area contributed by atoms with E-state index in [0.717, 1.165) is 22.3 Å².